The van der Waals surface area contributed by atoms with Crippen LogP contribution in [0.3, 0.4) is 0 Å². The molecule has 1 aliphatic heterocycles. The minimum atomic E-state index is 0.462. The zero-order chi connectivity index (χ0) is 12.5. The zero-order valence-corrected chi connectivity index (χ0v) is 11.8. The van der Waals surface area contributed by atoms with Gasteiger partial charge in [-0.15, -0.1) is 0 Å². The second-order valence-electron chi connectivity index (χ2n) is 4.67. The maximum atomic E-state index is 5.23. The Balaban J connectivity index is 1.61. The number of rotatable bonds is 3. The van der Waals surface area contributed by atoms with Crippen LogP contribution in [0.2, 0.25) is 0 Å². The molecule has 3 rings (SSSR count). The summed E-state index contributed by atoms with van der Waals surface area (Å²) in [6.45, 7) is 4.82. The molecule has 6 heteroatoms. The molecule has 0 aromatic carbocycles. The number of halogens is 1. The summed E-state index contributed by atoms with van der Waals surface area (Å²) in [6.07, 6.45) is 6.75. The Morgan fingerprint density at radius 1 is 1.56 bits per heavy atom. The molecule has 0 saturated carbocycles. The van der Waals surface area contributed by atoms with Crippen molar-refractivity contribution in [3.63, 3.8) is 0 Å². The molecular formula is C12H15BrN4O. The molecule has 2 aromatic heterocycles. The van der Waals surface area contributed by atoms with Crippen molar-refractivity contribution in [2.24, 2.45) is 0 Å². The molecule has 1 saturated heterocycles. The molecule has 0 amide bonds. The average molecular weight is 311 g/mol. The van der Waals surface area contributed by atoms with Gasteiger partial charge in [0.1, 0.15) is 6.26 Å². The Kier molecular flexibility index (Phi) is 3.22. The summed E-state index contributed by atoms with van der Waals surface area (Å²) >= 11 is 3.43. The third-order valence-corrected chi connectivity index (χ3v) is 3.65. The van der Waals surface area contributed by atoms with Gasteiger partial charge in [0.2, 0.25) is 0 Å². The normalized spacial score (nSPS) is 20.7. The van der Waals surface area contributed by atoms with E-state index in [1.807, 2.05) is 24.0 Å². The van der Waals surface area contributed by atoms with E-state index in [0.717, 1.165) is 42.1 Å². The minimum Gasteiger partial charge on any atom is -0.449 e. The van der Waals surface area contributed by atoms with E-state index in [0.29, 0.717) is 6.04 Å². The van der Waals surface area contributed by atoms with Gasteiger partial charge in [-0.05, 0) is 22.4 Å². The minimum absolute atomic E-state index is 0.462. The third-order valence-electron chi connectivity index (χ3n) is 3.24. The largest absolute Gasteiger partial charge is 0.449 e. The lowest BCUT2D eigenvalue weighted by Crippen LogP contribution is -2.21. The molecule has 18 heavy (non-hydrogen) atoms. The lowest BCUT2D eigenvalue weighted by Gasteiger charge is -2.14. The number of likely N-dealkylation sites (tertiary alicyclic amines) is 1. The van der Waals surface area contributed by atoms with Crippen LogP contribution in [0, 0.1) is 6.92 Å². The lowest BCUT2D eigenvalue weighted by atomic mass is 10.3. The summed E-state index contributed by atoms with van der Waals surface area (Å²) in [6, 6.07) is 0.462. The number of oxazole rings is 1. The quantitative estimate of drug-likeness (QED) is 0.873. The number of hydrogen-bond acceptors (Lipinski definition) is 4. The third kappa shape index (κ3) is 2.49. The van der Waals surface area contributed by atoms with Crippen LogP contribution >= 0.6 is 15.9 Å². The molecule has 0 radical (unpaired) electrons. The van der Waals surface area contributed by atoms with Gasteiger partial charge in [0.15, 0.2) is 5.89 Å². The van der Waals surface area contributed by atoms with Gasteiger partial charge in [0.05, 0.1) is 22.4 Å². The highest BCUT2D eigenvalue weighted by Crippen LogP contribution is 2.23. The van der Waals surface area contributed by atoms with E-state index in [2.05, 4.69) is 30.9 Å². The summed E-state index contributed by atoms with van der Waals surface area (Å²) in [4.78, 5) is 6.72. The van der Waals surface area contributed by atoms with E-state index >= 15 is 0 Å². The number of nitrogens with zero attached hydrogens (tertiary/aromatic N) is 4. The molecule has 1 fully saturated rings. The summed E-state index contributed by atoms with van der Waals surface area (Å²) in [5.41, 5.74) is 1.01. The van der Waals surface area contributed by atoms with Gasteiger partial charge in [-0.3, -0.25) is 9.58 Å². The molecular weight excluding hydrogens is 296 g/mol. The maximum absolute atomic E-state index is 5.23. The van der Waals surface area contributed by atoms with E-state index in [-0.39, 0.29) is 0 Å². The molecule has 1 aliphatic rings. The molecule has 0 N–H and O–H groups in total. The van der Waals surface area contributed by atoms with Crippen LogP contribution < -0.4 is 0 Å². The summed E-state index contributed by atoms with van der Waals surface area (Å²) < 4.78 is 8.30. The zero-order valence-electron chi connectivity index (χ0n) is 10.2. The monoisotopic (exact) mass is 310 g/mol. The van der Waals surface area contributed by atoms with Gasteiger partial charge >= 0.3 is 0 Å². The predicted molar refractivity (Wildman–Crippen MR) is 70.1 cm³/mol. The standard InChI is InChI=1S/C12H15BrN4O/c1-9-15-11(8-18-9)6-16-3-2-12(7-16)17-5-10(13)4-14-17/h4-5,8,12H,2-3,6-7H2,1H3. The lowest BCUT2D eigenvalue weighted by molar-refractivity contribution is 0.308. The maximum Gasteiger partial charge on any atom is 0.191 e. The Bertz CT molecular complexity index is 536. The highest BCUT2D eigenvalue weighted by Gasteiger charge is 2.24. The van der Waals surface area contributed by atoms with Crippen LogP contribution in [0.25, 0.3) is 0 Å². The molecule has 96 valence electrons. The first-order valence-electron chi connectivity index (χ1n) is 6.04. The van der Waals surface area contributed by atoms with Crippen molar-refractivity contribution in [3.8, 4) is 0 Å². The molecule has 0 spiro atoms. The second kappa shape index (κ2) is 4.85. The molecule has 5 nitrogen and oxygen atoms in total. The van der Waals surface area contributed by atoms with E-state index in [1.165, 1.54) is 0 Å². The van der Waals surface area contributed by atoms with Crippen LogP contribution in [0.15, 0.2) is 27.5 Å². The Morgan fingerprint density at radius 2 is 2.44 bits per heavy atom. The van der Waals surface area contributed by atoms with Crippen LogP contribution in [0.4, 0.5) is 0 Å². The summed E-state index contributed by atoms with van der Waals surface area (Å²) in [5, 5.41) is 4.35. The molecule has 0 bridgehead atoms. The fourth-order valence-electron chi connectivity index (χ4n) is 2.40. The van der Waals surface area contributed by atoms with Crippen molar-refractivity contribution < 1.29 is 4.42 Å². The van der Waals surface area contributed by atoms with Crippen LogP contribution in [-0.2, 0) is 6.54 Å². The highest BCUT2D eigenvalue weighted by molar-refractivity contribution is 9.10. The van der Waals surface area contributed by atoms with Crippen molar-refractivity contribution in [2.75, 3.05) is 13.1 Å². The predicted octanol–water partition coefficient (Wildman–Crippen LogP) is 2.39. The van der Waals surface area contributed by atoms with E-state index in [4.69, 9.17) is 4.42 Å². The van der Waals surface area contributed by atoms with Crippen LogP contribution in [0.5, 0.6) is 0 Å². The summed E-state index contributed by atoms with van der Waals surface area (Å²) in [5.74, 6) is 0.733. The van der Waals surface area contributed by atoms with Gasteiger partial charge in [-0.2, -0.15) is 5.10 Å². The first kappa shape index (κ1) is 11.9. The van der Waals surface area contributed by atoms with E-state index in [9.17, 15) is 0 Å². The fraction of sp³-hybridized carbons (Fsp3) is 0.500. The van der Waals surface area contributed by atoms with Crippen molar-refractivity contribution in [1.29, 1.82) is 0 Å². The summed E-state index contributed by atoms with van der Waals surface area (Å²) in [7, 11) is 0. The fourth-order valence-corrected chi connectivity index (χ4v) is 2.70. The first-order valence-corrected chi connectivity index (χ1v) is 6.83. The molecule has 1 atom stereocenters. The SMILES string of the molecule is Cc1nc(CN2CCC(n3cc(Br)cn3)C2)co1. The van der Waals surface area contributed by atoms with Gasteiger partial charge in [0, 0.05) is 32.8 Å². The van der Waals surface area contributed by atoms with Gasteiger partial charge in [-0.25, -0.2) is 4.98 Å². The van der Waals surface area contributed by atoms with Crippen LogP contribution in [-0.4, -0.2) is 32.8 Å². The highest BCUT2D eigenvalue weighted by atomic mass is 79.9. The van der Waals surface area contributed by atoms with Crippen molar-refractivity contribution >= 4 is 15.9 Å². The van der Waals surface area contributed by atoms with Gasteiger partial charge in [-0.1, -0.05) is 0 Å². The number of hydrogen-bond donors (Lipinski definition) is 0. The second-order valence-corrected chi connectivity index (χ2v) is 5.59. The average Bonchev–Trinajstić information content (AvgIpc) is 3.01. The molecule has 1 unspecified atom stereocenters. The Labute approximate surface area is 114 Å². The molecule has 0 aliphatic carbocycles. The van der Waals surface area contributed by atoms with Crippen molar-refractivity contribution in [3.05, 3.63) is 34.7 Å². The smallest absolute Gasteiger partial charge is 0.191 e. The van der Waals surface area contributed by atoms with E-state index in [1.54, 1.807) is 6.26 Å². The molecule has 2 aromatic rings. The Hall–Kier alpha value is -1.14. The Morgan fingerprint density at radius 3 is 3.11 bits per heavy atom. The number of aryl methyl sites for hydroxylation is 1. The van der Waals surface area contributed by atoms with Crippen LogP contribution in [0.1, 0.15) is 24.0 Å². The first-order chi connectivity index (χ1) is 8.70. The number of aromatic nitrogens is 3. The van der Waals surface area contributed by atoms with Crippen molar-refractivity contribution in [1.82, 2.24) is 19.7 Å². The topological polar surface area (TPSA) is 47.1 Å². The van der Waals surface area contributed by atoms with E-state index < -0.39 is 0 Å². The van der Waals surface area contributed by atoms with Gasteiger partial charge in [0.25, 0.3) is 0 Å². The van der Waals surface area contributed by atoms with Crippen molar-refractivity contribution in [2.45, 2.75) is 25.9 Å². The molecule has 3 heterocycles. The van der Waals surface area contributed by atoms with Gasteiger partial charge < -0.3 is 4.42 Å².